The van der Waals surface area contributed by atoms with Gasteiger partial charge >= 0.3 is 0 Å². The van der Waals surface area contributed by atoms with Crippen LogP contribution in [0.2, 0.25) is 10.0 Å². The maximum atomic E-state index is 12.5. The summed E-state index contributed by atoms with van der Waals surface area (Å²) in [5, 5.41) is 7.10. The van der Waals surface area contributed by atoms with Crippen LogP contribution in [0.15, 0.2) is 18.2 Å². The number of nitrogens with one attached hydrogen (secondary N) is 2. The minimum Gasteiger partial charge on any atom is -0.325 e. The largest absolute Gasteiger partial charge is 0.325 e. The first kappa shape index (κ1) is 18.6. The first-order valence-electron chi connectivity index (χ1n) is 7.04. The fraction of sp³-hybridized carbons (Fsp3) is 0.533. The van der Waals surface area contributed by atoms with Crippen molar-refractivity contribution in [1.29, 1.82) is 0 Å². The van der Waals surface area contributed by atoms with Gasteiger partial charge in [0.25, 0.3) is 0 Å². The van der Waals surface area contributed by atoms with Gasteiger partial charge in [0, 0.05) is 18.0 Å². The first-order chi connectivity index (χ1) is 9.92. The van der Waals surface area contributed by atoms with Gasteiger partial charge in [-0.25, -0.2) is 0 Å². The van der Waals surface area contributed by atoms with Crippen LogP contribution >= 0.6 is 35.0 Å². The molecule has 0 fully saturated rings. The molecule has 1 rings (SSSR count). The van der Waals surface area contributed by atoms with E-state index in [-0.39, 0.29) is 5.91 Å². The predicted octanol–water partition coefficient (Wildman–Crippen LogP) is 4.44. The summed E-state index contributed by atoms with van der Waals surface area (Å²) in [6, 6.07) is 5.10. The molecule has 0 bridgehead atoms. The molecule has 0 radical (unpaired) electrons. The Morgan fingerprint density at radius 1 is 1.29 bits per heavy atom. The third-order valence-corrected chi connectivity index (χ3v) is 5.54. The number of benzene rings is 1. The Bertz CT molecular complexity index is 485. The zero-order valence-corrected chi connectivity index (χ0v) is 15.0. The van der Waals surface area contributed by atoms with Crippen LogP contribution in [0, 0.1) is 0 Å². The molecule has 0 saturated carbocycles. The molecule has 0 heterocycles. The molecule has 0 aliphatic carbocycles. The Morgan fingerprint density at radius 3 is 2.57 bits per heavy atom. The van der Waals surface area contributed by atoms with Crippen molar-refractivity contribution in [3.63, 3.8) is 0 Å². The van der Waals surface area contributed by atoms with Gasteiger partial charge in [-0.2, -0.15) is 0 Å². The van der Waals surface area contributed by atoms with Crippen molar-refractivity contribution in [2.45, 2.75) is 31.9 Å². The molecule has 118 valence electrons. The molecule has 2 N–H and O–H groups in total. The summed E-state index contributed by atoms with van der Waals surface area (Å²) in [4.78, 5) is 12.5. The lowest BCUT2D eigenvalue weighted by Crippen LogP contribution is -2.37. The molecule has 1 atom stereocenters. The van der Waals surface area contributed by atoms with E-state index in [1.54, 1.807) is 30.0 Å². The molecule has 1 unspecified atom stereocenters. The lowest BCUT2D eigenvalue weighted by Gasteiger charge is -2.26. The van der Waals surface area contributed by atoms with Gasteiger partial charge in [-0.15, -0.1) is 11.8 Å². The molecule has 1 amide bonds. The first-order valence-corrected chi connectivity index (χ1v) is 8.78. The molecule has 0 saturated heterocycles. The second-order valence-corrected chi connectivity index (χ2v) is 7.28. The van der Waals surface area contributed by atoms with E-state index >= 15 is 0 Å². The number of carbonyl (C=O) groups is 1. The fourth-order valence-electron chi connectivity index (χ4n) is 1.69. The van der Waals surface area contributed by atoms with E-state index in [1.165, 1.54) is 0 Å². The molecule has 0 aliphatic rings. The van der Waals surface area contributed by atoms with Crippen molar-refractivity contribution in [3.8, 4) is 0 Å². The molecule has 1 aromatic rings. The number of amides is 1. The third kappa shape index (κ3) is 5.70. The highest BCUT2D eigenvalue weighted by molar-refractivity contribution is 8.01. The van der Waals surface area contributed by atoms with Crippen molar-refractivity contribution < 1.29 is 4.79 Å². The zero-order valence-electron chi connectivity index (χ0n) is 12.6. The van der Waals surface area contributed by atoms with Gasteiger partial charge in [0.1, 0.15) is 0 Å². The van der Waals surface area contributed by atoms with Crippen LogP contribution in [0.4, 0.5) is 5.69 Å². The van der Waals surface area contributed by atoms with Gasteiger partial charge in [0.2, 0.25) is 5.91 Å². The van der Waals surface area contributed by atoms with Crippen molar-refractivity contribution in [1.82, 2.24) is 5.32 Å². The van der Waals surface area contributed by atoms with Crippen molar-refractivity contribution in [2.75, 3.05) is 24.2 Å². The minimum atomic E-state index is -0.457. The third-order valence-electron chi connectivity index (χ3n) is 3.28. The van der Waals surface area contributed by atoms with Crippen molar-refractivity contribution >= 4 is 46.6 Å². The van der Waals surface area contributed by atoms with E-state index in [0.29, 0.717) is 15.7 Å². The van der Waals surface area contributed by atoms with Crippen LogP contribution in [-0.4, -0.2) is 29.5 Å². The van der Waals surface area contributed by atoms with Gasteiger partial charge < -0.3 is 10.6 Å². The van der Waals surface area contributed by atoms with Crippen LogP contribution in [0.3, 0.4) is 0 Å². The number of rotatable bonds is 8. The molecular weight excluding hydrogens is 327 g/mol. The zero-order chi connectivity index (χ0) is 15.9. The number of hydrogen-bond acceptors (Lipinski definition) is 3. The predicted molar refractivity (Wildman–Crippen MR) is 94.8 cm³/mol. The molecule has 0 aromatic heterocycles. The Balaban J connectivity index is 2.66. The van der Waals surface area contributed by atoms with E-state index < -0.39 is 4.75 Å². The highest BCUT2D eigenvalue weighted by Crippen LogP contribution is 2.31. The van der Waals surface area contributed by atoms with Gasteiger partial charge in [-0.3, -0.25) is 4.79 Å². The number of halogens is 2. The average molecular weight is 349 g/mol. The van der Waals surface area contributed by atoms with Gasteiger partial charge in [0.15, 0.2) is 0 Å². The quantitative estimate of drug-likeness (QED) is 0.682. The molecular formula is C15H22Cl2N2OS. The van der Waals surface area contributed by atoms with Crippen LogP contribution in [-0.2, 0) is 4.79 Å². The molecule has 0 spiro atoms. The molecule has 1 aromatic carbocycles. The summed E-state index contributed by atoms with van der Waals surface area (Å²) in [6.45, 7) is 7.90. The van der Waals surface area contributed by atoms with E-state index in [4.69, 9.17) is 23.2 Å². The Labute approximate surface area is 141 Å². The summed E-state index contributed by atoms with van der Waals surface area (Å²) < 4.78 is -0.457. The maximum Gasteiger partial charge on any atom is 0.240 e. The summed E-state index contributed by atoms with van der Waals surface area (Å²) in [6.07, 6.45) is 0.761. The second-order valence-electron chi connectivity index (χ2n) is 4.87. The van der Waals surface area contributed by atoms with E-state index in [0.717, 1.165) is 25.3 Å². The van der Waals surface area contributed by atoms with E-state index in [9.17, 15) is 4.79 Å². The Kier molecular flexibility index (Phi) is 7.88. The van der Waals surface area contributed by atoms with E-state index in [2.05, 4.69) is 17.6 Å². The molecule has 21 heavy (non-hydrogen) atoms. The van der Waals surface area contributed by atoms with E-state index in [1.807, 2.05) is 13.8 Å². The molecule has 0 aliphatic heterocycles. The Morgan fingerprint density at radius 2 is 2.00 bits per heavy atom. The number of thioether (sulfide) groups is 1. The SMILES string of the molecule is CCNCCSC(C)(CC)C(=O)Nc1ccc(Cl)c(Cl)c1. The highest BCUT2D eigenvalue weighted by Gasteiger charge is 2.31. The topological polar surface area (TPSA) is 41.1 Å². The van der Waals surface area contributed by atoms with Crippen LogP contribution in [0.25, 0.3) is 0 Å². The lowest BCUT2D eigenvalue weighted by atomic mass is 10.1. The number of anilines is 1. The van der Waals surface area contributed by atoms with Crippen LogP contribution in [0.1, 0.15) is 27.2 Å². The minimum absolute atomic E-state index is 0.00936. The summed E-state index contributed by atoms with van der Waals surface area (Å²) >= 11 is 13.5. The summed E-state index contributed by atoms with van der Waals surface area (Å²) in [7, 11) is 0. The maximum absolute atomic E-state index is 12.5. The standard InChI is InChI=1S/C15H22Cl2N2OS/c1-4-15(3,21-9-8-18-5-2)14(20)19-11-6-7-12(16)13(17)10-11/h6-7,10,18H,4-5,8-9H2,1-3H3,(H,19,20). The lowest BCUT2D eigenvalue weighted by molar-refractivity contribution is -0.118. The number of hydrogen-bond donors (Lipinski definition) is 2. The smallest absolute Gasteiger partial charge is 0.240 e. The average Bonchev–Trinajstić information content (AvgIpc) is 2.47. The van der Waals surface area contributed by atoms with Gasteiger partial charge in [0.05, 0.1) is 14.8 Å². The van der Waals surface area contributed by atoms with Gasteiger partial charge in [-0.05, 0) is 38.1 Å². The molecule has 3 nitrogen and oxygen atoms in total. The monoisotopic (exact) mass is 348 g/mol. The summed E-state index contributed by atoms with van der Waals surface area (Å²) in [5.74, 6) is 0.886. The normalized spacial score (nSPS) is 13.8. The fourth-order valence-corrected chi connectivity index (χ4v) is 3.07. The van der Waals surface area contributed by atoms with Crippen molar-refractivity contribution in [2.24, 2.45) is 0 Å². The number of carbonyl (C=O) groups excluding carboxylic acids is 1. The Hall–Kier alpha value is -0.420. The van der Waals surface area contributed by atoms with Crippen molar-refractivity contribution in [3.05, 3.63) is 28.2 Å². The van der Waals surface area contributed by atoms with Crippen LogP contribution in [0.5, 0.6) is 0 Å². The second kappa shape index (κ2) is 8.89. The van der Waals surface area contributed by atoms with Gasteiger partial charge in [-0.1, -0.05) is 37.0 Å². The summed E-state index contributed by atoms with van der Waals surface area (Å²) in [5.41, 5.74) is 0.668. The highest BCUT2D eigenvalue weighted by atomic mass is 35.5. The molecule has 6 heteroatoms. The van der Waals surface area contributed by atoms with Crippen LogP contribution < -0.4 is 10.6 Å².